The highest BCUT2D eigenvalue weighted by atomic mass is 16.2. The zero-order chi connectivity index (χ0) is 20.8. The van der Waals surface area contributed by atoms with Crippen LogP contribution >= 0.6 is 0 Å². The quantitative estimate of drug-likeness (QED) is 0.719. The number of hydrogen-bond acceptors (Lipinski definition) is 3. The van der Waals surface area contributed by atoms with Crippen LogP contribution in [-0.2, 0) is 24.4 Å². The zero-order valence-corrected chi connectivity index (χ0v) is 17.6. The molecule has 1 aliphatic heterocycles. The van der Waals surface area contributed by atoms with Gasteiger partial charge in [-0.15, -0.1) is 0 Å². The summed E-state index contributed by atoms with van der Waals surface area (Å²) >= 11 is 0. The van der Waals surface area contributed by atoms with Crippen LogP contribution < -0.4 is 10.6 Å². The third-order valence-electron chi connectivity index (χ3n) is 5.19. The topological polar surface area (TPSA) is 79.3 Å². The molecule has 2 heterocycles. The first-order chi connectivity index (χ1) is 13.9. The molecule has 7 nitrogen and oxygen atoms in total. The van der Waals surface area contributed by atoms with E-state index >= 15 is 0 Å². The molecule has 2 aromatic rings. The van der Waals surface area contributed by atoms with Gasteiger partial charge in [-0.05, 0) is 43.4 Å². The van der Waals surface area contributed by atoms with E-state index in [1.54, 1.807) is 0 Å². The average molecular weight is 398 g/mol. The van der Waals surface area contributed by atoms with Crippen LogP contribution in [0.4, 0.5) is 4.79 Å². The first-order valence-corrected chi connectivity index (χ1v) is 10.3. The number of likely N-dealkylation sites (tertiary alicyclic amines) is 1. The summed E-state index contributed by atoms with van der Waals surface area (Å²) < 4.78 is 1.98. The van der Waals surface area contributed by atoms with Crippen LogP contribution in [0.5, 0.6) is 0 Å². The molecule has 29 heavy (non-hydrogen) atoms. The molecule has 3 amide bonds. The molecule has 1 aromatic heterocycles. The van der Waals surface area contributed by atoms with E-state index < -0.39 is 0 Å². The van der Waals surface area contributed by atoms with Crippen molar-refractivity contribution in [2.24, 2.45) is 5.92 Å². The smallest absolute Gasteiger partial charge is 0.315 e. The van der Waals surface area contributed by atoms with Gasteiger partial charge < -0.3 is 15.5 Å². The summed E-state index contributed by atoms with van der Waals surface area (Å²) in [6, 6.07) is 9.92. The van der Waals surface area contributed by atoms with E-state index in [2.05, 4.69) is 34.8 Å². The molecule has 7 heteroatoms. The van der Waals surface area contributed by atoms with Crippen LogP contribution in [0, 0.1) is 19.8 Å². The van der Waals surface area contributed by atoms with Crippen molar-refractivity contribution in [3.8, 4) is 0 Å². The molecule has 2 N–H and O–H groups in total. The van der Waals surface area contributed by atoms with E-state index in [1.807, 2.05) is 41.6 Å². The molecule has 0 aliphatic carbocycles. The van der Waals surface area contributed by atoms with Crippen LogP contribution in [0.3, 0.4) is 0 Å². The van der Waals surface area contributed by atoms with Gasteiger partial charge in [-0.1, -0.05) is 31.2 Å². The summed E-state index contributed by atoms with van der Waals surface area (Å²) in [7, 11) is 0. The van der Waals surface area contributed by atoms with Crippen molar-refractivity contribution < 1.29 is 9.59 Å². The largest absolute Gasteiger partial charge is 0.338 e. The lowest BCUT2D eigenvalue weighted by molar-refractivity contribution is -0.128. The predicted molar refractivity (Wildman–Crippen MR) is 112 cm³/mol. The second kappa shape index (κ2) is 9.58. The lowest BCUT2D eigenvalue weighted by Gasteiger charge is -2.16. The molecular weight excluding hydrogens is 366 g/mol. The Labute approximate surface area is 172 Å². The van der Waals surface area contributed by atoms with Crippen LogP contribution in [-0.4, -0.2) is 39.7 Å². The van der Waals surface area contributed by atoms with Crippen molar-refractivity contribution in [1.82, 2.24) is 25.3 Å². The van der Waals surface area contributed by atoms with E-state index in [9.17, 15) is 9.59 Å². The minimum Gasteiger partial charge on any atom is -0.338 e. The first kappa shape index (κ1) is 20.9. The number of urea groups is 1. The molecule has 1 aliphatic rings. The fourth-order valence-corrected chi connectivity index (χ4v) is 3.66. The highest BCUT2D eigenvalue weighted by Crippen LogP contribution is 2.15. The maximum absolute atomic E-state index is 12.2. The minimum atomic E-state index is -0.176. The Morgan fingerprint density at radius 2 is 2.00 bits per heavy atom. The number of carbonyl (C=O) groups excluding carboxylic acids is 2. The maximum Gasteiger partial charge on any atom is 0.315 e. The summed E-state index contributed by atoms with van der Waals surface area (Å²) in [4.78, 5) is 25.8. The zero-order valence-electron chi connectivity index (χ0n) is 17.6. The molecule has 0 saturated carbocycles. The Morgan fingerprint density at radius 1 is 1.21 bits per heavy atom. The molecule has 0 bridgehead atoms. The van der Waals surface area contributed by atoms with Gasteiger partial charge in [0.1, 0.15) is 0 Å². The van der Waals surface area contributed by atoms with Crippen molar-refractivity contribution in [1.29, 1.82) is 0 Å². The number of nitrogens with zero attached hydrogens (tertiary/aromatic N) is 3. The number of rotatable bonds is 8. The molecule has 0 spiro atoms. The fourth-order valence-electron chi connectivity index (χ4n) is 3.66. The highest BCUT2D eigenvalue weighted by molar-refractivity contribution is 5.78. The van der Waals surface area contributed by atoms with Gasteiger partial charge in [0.25, 0.3) is 0 Å². The summed E-state index contributed by atoms with van der Waals surface area (Å²) in [6.45, 7) is 9.42. The van der Waals surface area contributed by atoms with E-state index in [1.165, 1.54) is 0 Å². The molecule has 1 saturated heterocycles. The normalized spacial score (nSPS) is 14.9. The molecule has 1 aromatic carbocycles. The molecule has 3 rings (SSSR count). The number of amides is 3. The minimum absolute atomic E-state index is 0.176. The molecular formula is C22H31N5O2. The van der Waals surface area contributed by atoms with Gasteiger partial charge >= 0.3 is 6.03 Å². The molecule has 1 atom stereocenters. The third-order valence-corrected chi connectivity index (χ3v) is 5.19. The van der Waals surface area contributed by atoms with Crippen molar-refractivity contribution in [3.63, 3.8) is 0 Å². The molecule has 1 fully saturated rings. The Bertz CT molecular complexity index is 861. The van der Waals surface area contributed by atoms with Crippen molar-refractivity contribution >= 4 is 11.9 Å². The molecule has 0 radical (unpaired) electrons. The number of aromatic nitrogens is 2. The lowest BCUT2D eigenvalue weighted by Crippen LogP contribution is -2.38. The lowest BCUT2D eigenvalue weighted by atomic mass is 10.1. The second-order valence-corrected chi connectivity index (χ2v) is 8.02. The second-order valence-electron chi connectivity index (χ2n) is 8.02. The van der Waals surface area contributed by atoms with Gasteiger partial charge in [0.15, 0.2) is 0 Å². The van der Waals surface area contributed by atoms with Crippen molar-refractivity contribution in [2.45, 2.75) is 53.2 Å². The summed E-state index contributed by atoms with van der Waals surface area (Å²) in [5.74, 6) is 0.502. The maximum atomic E-state index is 12.2. The summed E-state index contributed by atoms with van der Waals surface area (Å²) in [5, 5.41) is 10.3. The van der Waals surface area contributed by atoms with Gasteiger partial charge in [-0.3, -0.25) is 9.48 Å². The Hall–Kier alpha value is -2.83. The number of benzene rings is 1. The Kier molecular flexibility index (Phi) is 6.90. The monoisotopic (exact) mass is 397 g/mol. The van der Waals surface area contributed by atoms with Gasteiger partial charge in [0.05, 0.1) is 5.69 Å². The van der Waals surface area contributed by atoms with E-state index in [-0.39, 0.29) is 17.9 Å². The van der Waals surface area contributed by atoms with Gasteiger partial charge in [0.2, 0.25) is 5.91 Å². The Morgan fingerprint density at radius 3 is 2.69 bits per heavy atom. The Balaban J connectivity index is 1.41. The first-order valence-electron chi connectivity index (χ1n) is 10.3. The van der Waals surface area contributed by atoms with Crippen LogP contribution in [0.1, 0.15) is 42.3 Å². The third kappa shape index (κ3) is 6.07. The predicted octanol–water partition coefficient (Wildman–Crippen LogP) is 2.76. The van der Waals surface area contributed by atoms with E-state index in [0.29, 0.717) is 26.1 Å². The van der Waals surface area contributed by atoms with E-state index in [4.69, 9.17) is 0 Å². The number of hydrogen-bond donors (Lipinski definition) is 2. The average Bonchev–Trinajstić information content (AvgIpc) is 3.23. The number of aryl methyl sites for hydroxylation is 2. The SMILES string of the molecule is Cc1cc(C)n(CC(C)CNC(=O)NCc2cccc(CN3CCCC3=O)c2)n1. The van der Waals surface area contributed by atoms with Gasteiger partial charge in [0, 0.05) is 44.8 Å². The van der Waals surface area contributed by atoms with Crippen molar-refractivity contribution in [3.05, 3.63) is 52.8 Å². The van der Waals surface area contributed by atoms with Crippen LogP contribution in [0.2, 0.25) is 0 Å². The van der Waals surface area contributed by atoms with E-state index in [0.717, 1.165) is 42.0 Å². The van der Waals surface area contributed by atoms with Crippen LogP contribution in [0.25, 0.3) is 0 Å². The summed E-state index contributed by atoms with van der Waals surface area (Å²) in [6.07, 6.45) is 1.59. The van der Waals surface area contributed by atoms with Crippen LogP contribution in [0.15, 0.2) is 30.3 Å². The standard InChI is InChI=1S/C22H31N5O2/c1-16(14-27-18(3)10-17(2)25-27)12-23-22(29)24-13-19-6-4-7-20(11-19)15-26-9-5-8-21(26)28/h4,6-7,10-11,16H,5,8-9,12-15H2,1-3H3,(H2,23,24,29). The molecule has 1 unspecified atom stereocenters. The fraction of sp³-hybridized carbons (Fsp3) is 0.500. The molecule has 156 valence electrons. The number of carbonyl (C=O) groups is 2. The van der Waals surface area contributed by atoms with Gasteiger partial charge in [-0.25, -0.2) is 4.79 Å². The number of nitrogens with one attached hydrogen (secondary N) is 2. The van der Waals surface area contributed by atoms with Crippen molar-refractivity contribution in [2.75, 3.05) is 13.1 Å². The van der Waals surface area contributed by atoms with Gasteiger partial charge in [-0.2, -0.15) is 5.10 Å². The summed E-state index contributed by atoms with van der Waals surface area (Å²) in [5.41, 5.74) is 4.27. The highest BCUT2D eigenvalue weighted by Gasteiger charge is 2.20.